The van der Waals surface area contributed by atoms with Gasteiger partial charge in [-0.2, -0.15) is 0 Å². The van der Waals surface area contributed by atoms with Gasteiger partial charge in [0.15, 0.2) is 0 Å². The van der Waals surface area contributed by atoms with Crippen LogP contribution in [-0.2, 0) is 11.2 Å². The number of aliphatic carboxylic acids is 1. The number of carboxylic acids is 1. The predicted octanol–water partition coefficient (Wildman–Crippen LogP) is 3.62. The first-order valence-electron chi connectivity index (χ1n) is 5.06. The van der Waals surface area contributed by atoms with E-state index in [2.05, 4.69) is 15.9 Å². The summed E-state index contributed by atoms with van der Waals surface area (Å²) >= 11 is 3.54. The molecule has 0 saturated heterocycles. The molecule has 3 heteroatoms. The fourth-order valence-electron chi connectivity index (χ4n) is 1.71. The average molecular weight is 279 g/mol. The summed E-state index contributed by atoms with van der Waals surface area (Å²) in [5, 5.41) is 11.0. The number of rotatable bonds is 3. The Morgan fingerprint density at radius 3 is 2.69 bits per heavy atom. The van der Waals surface area contributed by atoms with Crippen LogP contribution in [0.25, 0.3) is 10.8 Å². The molecule has 0 spiro atoms. The quantitative estimate of drug-likeness (QED) is 0.931. The van der Waals surface area contributed by atoms with Gasteiger partial charge in [0.05, 0.1) is 0 Å². The van der Waals surface area contributed by atoms with Crippen molar-refractivity contribution in [1.82, 2.24) is 0 Å². The molecule has 0 radical (unpaired) electrons. The number of carbonyl (C=O) groups is 1. The minimum Gasteiger partial charge on any atom is -0.481 e. The van der Waals surface area contributed by atoms with Gasteiger partial charge in [-0.1, -0.05) is 36.4 Å². The third kappa shape index (κ3) is 2.25. The van der Waals surface area contributed by atoms with E-state index < -0.39 is 5.97 Å². The average Bonchev–Trinajstić information content (AvgIpc) is 2.28. The third-order valence-corrected chi connectivity index (χ3v) is 3.49. The minimum absolute atomic E-state index is 0.164. The second-order valence-corrected chi connectivity index (χ2v) is 4.45. The molecule has 0 fully saturated rings. The van der Waals surface area contributed by atoms with Crippen LogP contribution in [0.2, 0.25) is 0 Å². The maximum absolute atomic E-state index is 10.5. The molecule has 0 heterocycles. The van der Waals surface area contributed by atoms with E-state index in [1.54, 1.807) is 0 Å². The smallest absolute Gasteiger partial charge is 0.303 e. The zero-order chi connectivity index (χ0) is 11.5. The number of benzene rings is 2. The minimum atomic E-state index is -0.764. The molecular weight excluding hydrogens is 268 g/mol. The summed E-state index contributed by atoms with van der Waals surface area (Å²) in [4.78, 5) is 10.5. The molecule has 2 aromatic rings. The number of carboxylic acid groups (broad SMARTS) is 1. The van der Waals surface area contributed by atoms with Gasteiger partial charge in [0.2, 0.25) is 0 Å². The normalized spacial score (nSPS) is 10.6. The lowest BCUT2D eigenvalue weighted by Gasteiger charge is -2.06. The number of halogens is 1. The highest BCUT2D eigenvalue weighted by Gasteiger charge is 2.06. The summed E-state index contributed by atoms with van der Waals surface area (Å²) in [7, 11) is 0. The van der Waals surface area contributed by atoms with Crippen molar-refractivity contribution in [3.63, 3.8) is 0 Å². The highest BCUT2D eigenvalue weighted by Crippen LogP contribution is 2.28. The summed E-state index contributed by atoms with van der Waals surface area (Å²) in [5.41, 5.74) is 1.04. The van der Waals surface area contributed by atoms with Crippen LogP contribution in [-0.4, -0.2) is 11.1 Å². The second kappa shape index (κ2) is 4.66. The molecule has 0 amide bonds. The lowest BCUT2D eigenvalue weighted by Crippen LogP contribution is -1.98. The zero-order valence-electron chi connectivity index (χ0n) is 8.61. The van der Waals surface area contributed by atoms with Crippen molar-refractivity contribution < 1.29 is 9.90 Å². The number of fused-ring (bicyclic) bond motifs is 1. The Morgan fingerprint density at radius 1 is 1.19 bits per heavy atom. The van der Waals surface area contributed by atoms with Crippen molar-refractivity contribution >= 4 is 32.7 Å². The monoisotopic (exact) mass is 278 g/mol. The zero-order valence-corrected chi connectivity index (χ0v) is 10.2. The summed E-state index contributed by atoms with van der Waals surface area (Å²) in [6, 6.07) is 12.1. The molecule has 0 aliphatic heterocycles. The van der Waals surface area contributed by atoms with Crippen LogP contribution in [0.1, 0.15) is 12.0 Å². The molecule has 0 saturated carbocycles. The van der Waals surface area contributed by atoms with E-state index in [4.69, 9.17) is 5.11 Å². The molecule has 2 nitrogen and oxygen atoms in total. The van der Waals surface area contributed by atoms with E-state index in [-0.39, 0.29) is 6.42 Å². The molecule has 0 aliphatic rings. The number of hydrogen-bond acceptors (Lipinski definition) is 1. The summed E-state index contributed by atoms with van der Waals surface area (Å²) in [6.45, 7) is 0. The Bertz CT molecular complexity index is 534. The van der Waals surface area contributed by atoms with Crippen LogP contribution in [0.3, 0.4) is 0 Å². The number of hydrogen-bond donors (Lipinski definition) is 1. The summed E-state index contributed by atoms with van der Waals surface area (Å²) in [6.07, 6.45) is 0.720. The van der Waals surface area contributed by atoms with Crippen LogP contribution >= 0.6 is 15.9 Å². The molecule has 0 aliphatic carbocycles. The largest absolute Gasteiger partial charge is 0.481 e. The van der Waals surface area contributed by atoms with Crippen molar-refractivity contribution in [2.45, 2.75) is 12.8 Å². The van der Waals surface area contributed by atoms with Gasteiger partial charge in [0, 0.05) is 10.9 Å². The van der Waals surface area contributed by atoms with E-state index in [9.17, 15) is 4.79 Å². The molecule has 0 aromatic heterocycles. The van der Waals surface area contributed by atoms with Crippen LogP contribution in [0.4, 0.5) is 0 Å². The molecule has 1 N–H and O–H groups in total. The van der Waals surface area contributed by atoms with Crippen molar-refractivity contribution in [1.29, 1.82) is 0 Å². The van der Waals surface area contributed by atoms with E-state index in [1.165, 1.54) is 0 Å². The molecule has 2 rings (SSSR count). The van der Waals surface area contributed by atoms with Gasteiger partial charge in [0.25, 0.3) is 0 Å². The third-order valence-electron chi connectivity index (χ3n) is 2.55. The predicted molar refractivity (Wildman–Crippen MR) is 67.6 cm³/mol. The Balaban J connectivity index is 2.40. The van der Waals surface area contributed by atoms with E-state index in [0.29, 0.717) is 6.42 Å². The van der Waals surface area contributed by atoms with Gasteiger partial charge in [-0.15, -0.1) is 0 Å². The molecule has 82 valence electrons. The van der Waals surface area contributed by atoms with Crippen molar-refractivity contribution in [2.24, 2.45) is 0 Å². The molecule has 0 bridgehead atoms. The summed E-state index contributed by atoms with van der Waals surface area (Å²) < 4.78 is 1.01. The van der Waals surface area contributed by atoms with Gasteiger partial charge < -0.3 is 5.11 Å². The van der Waals surface area contributed by atoms with Gasteiger partial charge >= 0.3 is 5.97 Å². The Labute approximate surface area is 102 Å². The first kappa shape index (κ1) is 11.1. The molecule has 0 unspecified atom stereocenters. The Hall–Kier alpha value is -1.35. The fraction of sp³-hybridized carbons (Fsp3) is 0.154. The van der Waals surface area contributed by atoms with Crippen molar-refractivity contribution in [3.05, 3.63) is 46.4 Å². The van der Waals surface area contributed by atoms with Gasteiger partial charge in [-0.05, 0) is 38.7 Å². The van der Waals surface area contributed by atoms with Crippen LogP contribution in [0.15, 0.2) is 40.9 Å². The van der Waals surface area contributed by atoms with Crippen molar-refractivity contribution in [3.8, 4) is 0 Å². The van der Waals surface area contributed by atoms with E-state index in [1.807, 2.05) is 36.4 Å². The molecule has 16 heavy (non-hydrogen) atoms. The Kier molecular flexibility index (Phi) is 3.25. The maximum Gasteiger partial charge on any atom is 0.303 e. The van der Waals surface area contributed by atoms with E-state index >= 15 is 0 Å². The SMILES string of the molecule is O=C(O)CCc1ccc2ccccc2c1Br. The van der Waals surface area contributed by atoms with Crippen LogP contribution in [0, 0.1) is 0 Å². The van der Waals surface area contributed by atoms with Crippen LogP contribution < -0.4 is 0 Å². The maximum atomic E-state index is 10.5. The highest BCUT2D eigenvalue weighted by atomic mass is 79.9. The molecule has 0 atom stereocenters. The molecule has 2 aromatic carbocycles. The standard InChI is InChI=1S/C13H11BrO2/c14-13-10(7-8-12(15)16)6-5-9-3-1-2-4-11(9)13/h1-6H,7-8H2,(H,15,16). The highest BCUT2D eigenvalue weighted by molar-refractivity contribution is 9.10. The molecular formula is C13H11BrO2. The summed E-state index contributed by atoms with van der Waals surface area (Å²) in [5.74, 6) is -0.764. The Morgan fingerprint density at radius 2 is 1.94 bits per heavy atom. The first-order valence-corrected chi connectivity index (χ1v) is 5.85. The lowest BCUT2D eigenvalue weighted by atomic mass is 10.0. The van der Waals surface area contributed by atoms with Crippen LogP contribution in [0.5, 0.6) is 0 Å². The van der Waals surface area contributed by atoms with Gasteiger partial charge in [-0.3, -0.25) is 4.79 Å². The first-order chi connectivity index (χ1) is 7.68. The van der Waals surface area contributed by atoms with Gasteiger partial charge in [0.1, 0.15) is 0 Å². The lowest BCUT2D eigenvalue weighted by molar-refractivity contribution is -0.136. The van der Waals surface area contributed by atoms with Gasteiger partial charge in [-0.25, -0.2) is 0 Å². The van der Waals surface area contributed by atoms with Crippen molar-refractivity contribution in [2.75, 3.05) is 0 Å². The van der Waals surface area contributed by atoms with E-state index in [0.717, 1.165) is 20.8 Å². The number of aryl methyl sites for hydroxylation is 1. The topological polar surface area (TPSA) is 37.3 Å². The fourth-order valence-corrected chi connectivity index (χ4v) is 2.40. The second-order valence-electron chi connectivity index (χ2n) is 3.65.